The van der Waals surface area contributed by atoms with Crippen LogP contribution in [0, 0.1) is 6.92 Å². The monoisotopic (exact) mass is 315 g/mol. The van der Waals surface area contributed by atoms with Gasteiger partial charge in [-0.15, -0.1) is 0 Å². The minimum absolute atomic E-state index is 0.915. The van der Waals surface area contributed by atoms with E-state index in [1.54, 1.807) is 0 Å². The number of hydrogen-bond donors (Lipinski definition) is 0. The van der Waals surface area contributed by atoms with Gasteiger partial charge in [-0.3, -0.25) is 0 Å². The lowest BCUT2D eigenvalue weighted by Gasteiger charge is -2.13. The second kappa shape index (κ2) is 11.0. The summed E-state index contributed by atoms with van der Waals surface area (Å²) < 4.78 is 0. The van der Waals surface area contributed by atoms with Gasteiger partial charge in [0.25, 0.3) is 0 Å². The van der Waals surface area contributed by atoms with Gasteiger partial charge >= 0.3 is 0 Å². The topological polar surface area (TPSA) is 3.24 Å². The van der Waals surface area contributed by atoms with Gasteiger partial charge in [0.2, 0.25) is 0 Å². The molecule has 22 heavy (non-hydrogen) atoms. The molecule has 2 heteroatoms. The van der Waals surface area contributed by atoms with E-state index in [9.17, 15) is 0 Å². The molecule has 0 aromatic heterocycles. The Bertz CT molecular complexity index is 556. The summed E-state index contributed by atoms with van der Waals surface area (Å²) in [5, 5.41) is 0. The highest BCUT2D eigenvalue weighted by molar-refractivity contribution is 7.81. The molecule has 2 aromatic rings. The van der Waals surface area contributed by atoms with Gasteiger partial charge in [0.05, 0.1) is 4.86 Å². The normalized spacial score (nSPS) is 8.86. The Hall–Kier alpha value is -1.67. The molecule has 0 aliphatic rings. The summed E-state index contributed by atoms with van der Waals surface area (Å²) in [5.41, 5.74) is 4.65. The molecular formula is C20H29NS. The van der Waals surface area contributed by atoms with Crippen LogP contribution in [0.25, 0.3) is 0 Å². The highest BCUT2D eigenvalue weighted by atomic mass is 32.1. The van der Waals surface area contributed by atoms with Crippen molar-refractivity contribution in [2.45, 2.75) is 34.6 Å². The van der Waals surface area contributed by atoms with Crippen molar-refractivity contribution in [3.8, 4) is 0 Å². The Labute approximate surface area is 142 Å². The molecular weight excluding hydrogens is 286 g/mol. The molecule has 0 fully saturated rings. The van der Waals surface area contributed by atoms with E-state index in [0.29, 0.717) is 0 Å². The van der Waals surface area contributed by atoms with Crippen molar-refractivity contribution in [2.24, 2.45) is 0 Å². The smallest absolute Gasteiger partial charge is 0.0524 e. The Morgan fingerprint density at radius 2 is 1.32 bits per heavy atom. The van der Waals surface area contributed by atoms with E-state index < -0.39 is 0 Å². The van der Waals surface area contributed by atoms with Crippen LogP contribution in [0.2, 0.25) is 0 Å². The summed E-state index contributed by atoms with van der Waals surface area (Å²) in [6.45, 7) is 10.1. The molecule has 0 aliphatic carbocycles. The molecule has 0 saturated heterocycles. The maximum Gasteiger partial charge on any atom is 0.0524 e. The number of aryl methyl sites for hydroxylation is 1. The van der Waals surface area contributed by atoms with Gasteiger partial charge in [0.15, 0.2) is 0 Å². The zero-order valence-electron chi connectivity index (χ0n) is 15.0. The summed E-state index contributed by atoms with van der Waals surface area (Å²) in [6.07, 6.45) is 0. The maximum absolute atomic E-state index is 5.57. The van der Waals surface area contributed by atoms with Crippen molar-refractivity contribution >= 4 is 22.8 Å². The van der Waals surface area contributed by atoms with Gasteiger partial charge in [-0.1, -0.05) is 76.3 Å². The van der Waals surface area contributed by atoms with Crippen molar-refractivity contribution in [3.05, 3.63) is 65.2 Å². The maximum atomic E-state index is 5.57. The molecule has 2 rings (SSSR count). The fraction of sp³-hybridized carbons (Fsp3) is 0.350. The number of anilines is 1. The lowest BCUT2D eigenvalue weighted by atomic mass is 10.0. The number of hydrogen-bond acceptors (Lipinski definition) is 2. The lowest BCUT2D eigenvalue weighted by molar-refractivity contribution is 1.13. The van der Waals surface area contributed by atoms with Gasteiger partial charge in [0.1, 0.15) is 0 Å². The van der Waals surface area contributed by atoms with E-state index in [0.717, 1.165) is 16.0 Å². The molecule has 1 nitrogen and oxygen atoms in total. The highest BCUT2D eigenvalue weighted by Gasteiger charge is 2.07. The molecule has 0 heterocycles. The Morgan fingerprint density at radius 1 is 0.818 bits per heavy atom. The summed E-state index contributed by atoms with van der Waals surface area (Å²) >= 11 is 5.57. The molecule has 0 N–H and O–H groups in total. The minimum Gasteiger partial charge on any atom is -0.378 e. The summed E-state index contributed by atoms with van der Waals surface area (Å²) in [7, 11) is 4.07. The average Bonchev–Trinajstić information content (AvgIpc) is 2.58. The quantitative estimate of drug-likeness (QED) is 0.514. The van der Waals surface area contributed by atoms with Crippen LogP contribution in [0.4, 0.5) is 5.69 Å². The number of nitrogens with zero attached hydrogens (tertiary/aromatic N) is 1. The predicted octanol–water partition coefficient (Wildman–Crippen LogP) is 5.88. The van der Waals surface area contributed by atoms with E-state index in [-0.39, 0.29) is 0 Å². The first-order chi connectivity index (χ1) is 10.6. The molecule has 0 unspecified atom stereocenters. The second-order valence-electron chi connectivity index (χ2n) is 4.59. The molecule has 120 valence electrons. The molecule has 0 aliphatic heterocycles. The first-order valence-corrected chi connectivity index (χ1v) is 8.38. The Balaban J connectivity index is 0.00000102. The van der Waals surface area contributed by atoms with E-state index in [1.165, 1.54) is 11.3 Å². The summed E-state index contributed by atoms with van der Waals surface area (Å²) in [4.78, 5) is 3.00. The van der Waals surface area contributed by atoms with Gasteiger partial charge in [-0.05, 0) is 35.7 Å². The Morgan fingerprint density at radius 3 is 1.77 bits per heavy atom. The van der Waals surface area contributed by atoms with Crippen LogP contribution < -0.4 is 4.90 Å². The van der Waals surface area contributed by atoms with Crippen molar-refractivity contribution < 1.29 is 0 Å². The number of rotatable bonds is 3. The van der Waals surface area contributed by atoms with Crippen molar-refractivity contribution in [1.82, 2.24) is 0 Å². The number of thiocarbonyl (C=S) groups is 1. The van der Waals surface area contributed by atoms with Gasteiger partial charge < -0.3 is 4.90 Å². The third-order valence-corrected chi connectivity index (χ3v) is 3.49. The average molecular weight is 316 g/mol. The fourth-order valence-electron chi connectivity index (χ4n) is 1.89. The molecule has 0 radical (unpaired) electrons. The van der Waals surface area contributed by atoms with E-state index in [4.69, 9.17) is 12.2 Å². The summed E-state index contributed by atoms with van der Waals surface area (Å²) in [6, 6.07) is 16.6. The van der Waals surface area contributed by atoms with Crippen LogP contribution in [0.1, 0.15) is 44.4 Å². The fourth-order valence-corrected chi connectivity index (χ4v) is 2.26. The van der Waals surface area contributed by atoms with Crippen molar-refractivity contribution in [2.75, 3.05) is 19.0 Å². The largest absolute Gasteiger partial charge is 0.378 e. The molecule has 0 amide bonds. The summed E-state index contributed by atoms with van der Waals surface area (Å²) in [5.74, 6) is 0. The van der Waals surface area contributed by atoms with Crippen LogP contribution in [0.15, 0.2) is 48.5 Å². The Kier molecular flexibility index (Phi) is 10.1. The molecule has 2 aromatic carbocycles. The molecule has 0 atom stereocenters. The van der Waals surface area contributed by atoms with Crippen LogP contribution >= 0.6 is 12.2 Å². The zero-order chi connectivity index (χ0) is 17.1. The molecule has 0 bridgehead atoms. The van der Waals surface area contributed by atoms with E-state index in [2.05, 4.69) is 48.2 Å². The van der Waals surface area contributed by atoms with E-state index >= 15 is 0 Å². The van der Waals surface area contributed by atoms with Gasteiger partial charge in [0, 0.05) is 19.8 Å². The molecule has 0 spiro atoms. The third kappa shape index (κ3) is 5.61. The predicted molar refractivity (Wildman–Crippen MR) is 105 cm³/mol. The number of benzene rings is 2. The SMILES string of the molecule is CC.CC.Cc1ccccc1C(=S)c1ccc(N(C)C)cc1. The van der Waals surface area contributed by atoms with Crippen molar-refractivity contribution in [1.29, 1.82) is 0 Å². The first-order valence-electron chi connectivity index (χ1n) is 7.97. The first kappa shape index (κ1) is 20.3. The van der Waals surface area contributed by atoms with Gasteiger partial charge in [-0.2, -0.15) is 0 Å². The van der Waals surface area contributed by atoms with E-state index in [1.807, 2.05) is 53.9 Å². The minimum atomic E-state index is 0.915. The standard InChI is InChI=1S/C16H17NS.2C2H6/c1-12-6-4-5-7-15(12)16(18)13-8-10-14(11-9-13)17(2)3;2*1-2/h4-11H,1-3H3;2*1-2H3. The van der Waals surface area contributed by atoms with Crippen LogP contribution in [-0.2, 0) is 0 Å². The third-order valence-electron chi connectivity index (χ3n) is 3.04. The lowest BCUT2D eigenvalue weighted by Crippen LogP contribution is -2.09. The van der Waals surface area contributed by atoms with Crippen molar-refractivity contribution in [3.63, 3.8) is 0 Å². The highest BCUT2D eigenvalue weighted by Crippen LogP contribution is 2.18. The second-order valence-corrected chi connectivity index (χ2v) is 4.99. The zero-order valence-corrected chi connectivity index (χ0v) is 15.8. The van der Waals surface area contributed by atoms with Crippen LogP contribution in [0.5, 0.6) is 0 Å². The van der Waals surface area contributed by atoms with Crippen LogP contribution in [0.3, 0.4) is 0 Å². The van der Waals surface area contributed by atoms with Crippen LogP contribution in [-0.4, -0.2) is 19.0 Å². The molecule has 0 saturated carbocycles. The van der Waals surface area contributed by atoms with Gasteiger partial charge in [-0.25, -0.2) is 0 Å².